The van der Waals surface area contributed by atoms with E-state index in [1.807, 2.05) is 85.7 Å². The molecule has 12 atom stereocenters. The predicted octanol–water partition coefficient (Wildman–Crippen LogP) is 3.88. The molecule has 124 heavy (non-hydrogen) atoms. The van der Waals surface area contributed by atoms with Gasteiger partial charge in [0.2, 0.25) is 65.0 Å². The van der Waals surface area contributed by atoms with Gasteiger partial charge in [-0.3, -0.25) is 72.7 Å². The Morgan fingerprint density at radius 3 is 1.23 bits per heavy atom. The van der Waals surface area contributed by atoms with Crippen LogP contribution in [0.1, 0.15) is 187 Å². The topological polar surface area (TPSA) is 546 Å². The van der Waals surface area contributed by atoms with Crippen LogP contribution in [0.5, 0.6) is 11.5 Å². The minimum Gasteiger partial charge on any atom is -0.494 e. The molecule has 1 fully saturated rings. The van der Waals surface area contributed by atoms with Gasteiger partial charge in [-0.05, 0) is 169 Å². The highest BCUT2D eigenvalue weighted by molar-refractivity contribution is 7.86. The Kier molecular flexibility index (Phi) is 51.6. The van der Waals surface area contributed by atoms with E-state index in [9.17, 15) is 65.1 Å². The molecule has 0 spiro atoms. The van der Waals surface area contributed by atoms with E-state index in [1.165, 1.54) is 87.7 Å². The molecule has 12 unspecified atom stereocenters. The number of aliphatic hydroxyl groups excluding tert-OH is 3. The molecule has 1 aliphatic heterocycles. The zero-order valence-electron chi connectivity index (χ0n) is 77.3. The largest absolute Gasteiger partial charge is 0.494 e. The number of amides is 11. The van der Waals surface area contributed by atoms with Crippen LogP contribution in [0, 0.1) is 52.2 Å². The first-order valence-corrected chi connectivity index (χ1v) is 45.2. The second kappa shape index (κ2) is 55.8. The lowest BCUT2D eigenvalue weighted by molar-refractivity contribution is -0.157. The molecule has 0 aromatic heterocycles. The summed E-state index contributed by atoms with van der Waals surface area (Å²) >= 11 is 0. The van der Waals surface area contributed by atoms with E-state index in [0.29, 0.717) is 30.8 Å². The van der Waals surface area contributed by atoms with Gasteiger partial charge in [-0.1, -0.05) is 109 Å². The average molecular weight is 1800 g/mol. The highest BCUT2D eigenvalue weighted by Gasteiger charge is 2.46. The van der Waals surface area contributed by atoms with E-state index in [2.05, 4.69) is 21.3 Å². The molecule has 706 valence electrons. The lowest BCUT2D eigenvalue weighted by atomic mass is 9.91. The number of aliphatic hydroxyl groups is 3. The number of nitrogen functional groups attached to an aromatic ring is 2. The fourth-order valence-electron chi connectivity index (χ4n) is 13.1. The van der Waals surface area contributed by atoms with Crippen molar-refractivity contribution in [2.75, 3.05) is 93.8 Å². The van der Waals surface area contributed by atoms with Crippen molar-refractivity contribution in [1.82, 2.24) is 55.6 Å². The van der Waals surface area contributed by atoms with Crippen molar-refractivity contribution in [1.29, 1.82) is 10.8 Å². The molecule has 0 saturated carbocycles. The number of likely N-dealkylation sites (N-methyl/N-ethyl adjacent to an activating group) is 7. The number of hydrogen-bond donors (Lipinski definition) is 13. The maximum absolute atomic E-state index is 15.1. The van der Waals surface area contributed by atoms with Crippen LogP contribution in [0.4, 0.5) is 0 Å². The molecule has 39 heteroatoms. The zero-order chi connectivity index (χ0) is 95.9. The summed E-state index contributed by atoms with van der Waals surface area (Å²) in [5, 5.41) is 53.5. The minimum absolute atomic E-state index is 0.0229. The number of amidine groups is 2. The van der Waals surface area contributed by atoms with Crippen LogP contribution in [0.15, 0.2) is 60.7 Å². The number of allylic oxidation sites excluding steroid dienone is 2. The van der Waals surface area contributed by atoms with Gasteiger partial charge in [0.05, 0.1) is 50.6 Å². The number of nitrogens with one attached hydrogen (secondary N) is 6. The summed E-state index contributed by atoms with van der Waals surface area (Å²) in [4.78, 5) is 169. The minimum atomic E-state index is -3.92. The number of ether oxygens (including phenoxy) is 2. The van der Waals surface area contributed by atoms with Crippen LogP contribution in [0.3, 0.4) is 0 Å². The first kappa shape index (κ1) is 115. The molecule has 37 nitrogen and oxygen atoms in total. The first-order chi connectivity index (χ1) is 57.4. The second-order valence-corrected chi connectivity index (χ2v) is 36.9. The summed E-state index contributed by atoms with van der Waals surface area (Å²) in [5.41, 5.74) is 12.2. The highest BCUT2D eigenvalue weighted by Crippen LogP contribution is 2.27. The summed E-state index contributed by atoms with van der Waals surface area (Å²) in [6.45, 7) is 29.6. The molecule has 11 amide bonds. The van der Waals surface area contributed by atoms with E-state index in [-0.39, 0.29) is 67.4 Å². The molecule has 0 radical (unpaired) electrons. The van der Waals surface area contributed by atoms with Crippen molar-refractivity contribution < 1.29 is 103 Å². The standard InChI is InChI=1S/C62H111N11O12.C19H24N4O2.2C2H6O4S/c1-25-27-28-40(15)52(75)51-56(79)65-43(26-2)58(81)67(18)33-48(74)68(19)44(29-34(3)4)55(78)66-49(38(11)12)61(84)69(20)45(30-35(5)6)54(77)63-41(16)53(76)64-42(17)57(80)70(21)46(31-36(7)8)59(82)71(22)47(32-37(9)10)60(83)72(23)50(39(13)14)62(85)73(51)24;20-18(21)14-4-8-16(9-5-14)24-12-2-1-3-13-25-17-10-6-15(7-11-17)19(22)23;2*3-1-2-7(4,5)6/h25,27,34-47,49-52,75H,26,28-33H2,1-24H3,(H,63,77)(H,64,76)(H,65,79)(H,66,78);4-11H,1-3,12-13H2,(H3,20,21)(H3,22,23);2*3H,1-2H2,(H,4,5,6). The van der Waals surface area contributed by atoms with E-state index in [1.54, 1.807) is 78.8 Å². The summed E-state index contributed by atoms with van der Waals surface area (Å²) in [6, 6.07) is 2.09. The fraction of sp³-hybridized carbons (Fsp3) is 0.682. The monoisotopic (exact) mass is 1790 g/mol. The van der Waals surface area contributed by atoms with Crippen molar-refractivity contribution in [2.45, 2.75) is 242 Å². The Morgan fingerprint density at radius 1 is 0.484 bits per heavy atom. The predicted molar refractivity (Wildman–Crippen MR) is 475 cm³/mol. The van der Waals surface area contributed by atoms with Crippen molar-refractivity contribution in [3.05, 3.63) is 71.8 Å². The third-order valence-electron chi connectivity index (χ3n) is 20.4. The maximum atomic E-state index is 15.1. The Labute approximate surface area is 735 Å². The third-order valence-corrected chi connectivity index (χ3v) is 21.8. The van der Waals surface area contributed by atoms with E-state index >= 15 is 9.59 Å². The van der Waals surface area contributed by atoms with Gasteiger partial charge in [-0.2, -0.15) is 16.8 Å². The normalized spacial score (nSPS) is 21.8. The van der Waals surface area contributed by atoms with E-state index in [4.69, 9.17) is 51.1 Å². The van der Waals surface area contributed by atoms with Gasteiger partial charge in [0.1, 0.15) is 83.6 Å². The highest BCUT2D eigenvalue weighted by atomic mass is 32.2. The lowest BCUT2D eigenvalue weighted by Crippen LogP contribution is -2.63. The lowest BCUT2D eigenvalue weighted by Gasteiger charge is -2.41. The summed E-state index contributed by atoms with van der Waals surface area (Å²) in [6.07, 6.45) is 5.94. The molecular formula is C85H147N15O22S2. The zero-order valence-corrected chi connectivity index (χ0v) is 78.9. The number of nitrogens with zero attached hydrogens (tertiary/aromatic N) is 7. The van der Waals surface area contributed by atoms with Gasteiger partial charge in [0, 0.05) is 60.5 Å². The number of carbonyl (C=O) groups is 11. The number of rotatable bonds is 29. The van der Waals surface area contributed by atoms with Crippen molar-refractivity contribution in [2.24, 2.45) is 52.9 Å². The van der Waals surface area contributed by atoms with Crippen LogP contribution in [0.25, 0.3) is 0 Å². The summed E-state index contributed by atoms with van der Waals surface area (Å²) < 4.78 is 65.5. The number of hydrogen-bond acceptors (Lipinski definition) is 22. The fourth-order valence-corrected chi connectivity index (χ4v) is 13.6. The van der Waals surface area contributed by atoms with Gasteiger partial charge in [-0.15, -0.1) is 0 Å². The second-order valence-electron chi connectivity index (χ2n) is 33.7. The van der Waals surface area contributed by atoms with Crippen molar-refractivity contribution in [3.8, 4) is 11.5 Å². The molecular weight excluding hydrogens is 1650 g/mol. The van der Waals surface area contributed by atoms with Gasteiger partial charge in [0.15, 0.2) is 0 Å². The number of unbranched alkanes of at least 4 members (excludes halogenated alkanes) is 2. The van der Waals surface area contributed by atoms with Gasteiger partial charge >= 0.3 is 0 Å². The maximum Gasteiger partial charge on any atom is 0.267 e. The molecule has 3 rings (SSSR count). The number of carbonyl (C=O) groups excluding carboxylic acids is 11. The Balaban J connectivity index is 0.00000313. The Hall–Kier alpha value is -9.41. The molecule has 2 aromatic rings. The Morgan fingerprint density at radius 2 is 0.863 bits per heavy atom. The third kappa shape index (κ3) is 40.3. The molecule has 1 aliphatic rings. The smallest absolute Gasteiger partial charge is 0.267 e. The molecule has 2 aromatic carbocycles. The van der Waals surface area contributed by atoms with E-state index < -0.39 is 201 Å². The molecule has 0 bridgehead atoms. The van der Waals surface area contributed by atoms with Gasteiger partial charge in [0.25, 0.3) is 20.2 Å². The first-order valence-electron chi connectivity index (χ1n) is 42.0. The van der Waals surface area contributed by atoms with Crippen molar-refractivity contribution in [3.63, 3.8) is 0 Å². The van der Waals surface area contributed by atoms with E-state index in [0.717, 1.165) is 40.6 Å². The van der Waals surface area contributed by atoms with Gasteiger partial charge < -0.3 is 91.8 Å². The van der Waals surface area contributed by atoms with Crippen LogP contribution in [-0.2, 0) is 73.0 Å². The number of nitrogens with two attached hydrogens (primary N) is 2. The molecule has 1 saturated heterocycles. The summed E-state index contributed by atoms with van der Waals surface area (Å²) in [7, 11) is 2.07. The average Bonchev–Trinajstić information content (AvgIpc) is 0.801. The SMILES string of the molecule is CC=CCC(C)C(O)C1C(=O)NC(CC)C(=O)N(C)CC(=O)N(C)C(CC(C)C)C(=O)NC(C(C)C)C(=O)N(C)C(CC(C)C)C(=O)NC(C)C(=O)NC(C)C(=O)N(C)C(CC(C)C)C(=O)N(C)C(CC(C)C)C(=O)N(C)C(C(C)C)C(=O)N1C.N=C(N)c1ccc(OCCCCCOc2ccc(C(=N)N)cc2)cc1.O=S(=O)(O)CCO.O=S(=O)(O)CCO. The van der Waals surface area contributed by atoms with Crippen LogP contribution in [0.2, 0.25) is 0 Å². The molecule has 1 heterocycles. The quantitative estimate of drug-likeness (QED) is 0.0181. The molecule has 0 aliphatic carbocycles. The van der Waals surface area contributed by atoms with Gasteiger partial charge in [-0.25, -0.2) is 0 Å². The Bertz CT molecular complexity index is 3930. The molecule has 15 N–H and O–H groups in total. The van der Waals surface area contributed by atoms with Crippen LogP contribution < -0.4 is 42.2 Å². The number of benzene rings is 2. The van der Waals surface area contributed by atoms with Crippen LogP contribution in [-0.4, -0.2) is 313 Å². The van der Waals surface area contributed by atoms with Crippen molar-refractivity contribution >= 4 is 96.9 Å². The van der Waals surface area contributed by atoms with Crippen LogP contribution >= 0.6 is 0 Å². The summed E-state index contributed by atoms with van der Waals surface area (Å²) in [5.74, 6) is -9.18.